The van der Waals surface area contributed by atoms with E-state index in [9.17, 15) is 0 Å². The van der Waals surface area contributed by atoms with Crippen molar-refractivity contribution in [1.29, 1.82) is 0 Å². The fourth-order valence-corrected chi connectivity index (χ4v) is 3.47. The number of nitrogens with zero attached hydrogens (tertiary/aromatic N) is 2. The number of hydrogen-bond donors (Lipinski definition) is 0. The molecule has 0 fully saturated rings. The van der Waals surface area contributed by atoms with Crippen molar-refractivity contribution in [3.63, 3.8) is 0 Å². The average molecular weight is 282 g/mol. The first-order valence-corrected chi connectivity index (χ1v) is 7.84. The van der Waals surface area contributed by atoms with Crippen molar-refractivity contribution < 1.29 is 0 Å². The van der Waals surface area contributed by atoms with Gasteiger partial charge in [0.05, 0.1) is 12.4 Å². The van der Waals surface area contributed by atoms with Crippen LogP contribution >= 0.6 is 11.3 Å². The molecule has 0 radical (unpaired) electrons. The highest BCUT2D eigenvalue weighted by Gasteiger charge is 2.11. The summed E-state index contributed by atoms with van der Waals surface area (Å²) in [5.41, 5.74) is 5.33. The summed E-state index contributed by atoms with van der Waals surface area (Å²) in [5, 5.41) is 4.42. The molecule has 0 aliphatic heterocycles. The molecule has 2 aromatic heterocycles. The molecule has 2 heterocycles. The molecule has 0 saturated heterocycles. The highest BCUT2D eigenvalue weighted by atomic mass is 32.1. The van der Waals surface area contributed by atoms with E-state index in [1.54, 1.807) is 11.3 Å². The van der Waals surface area contributed by atoms with Gasteiger partial charge >= 0.3 is 0 Å². The summed E-state index contributed by atoms with van der Waals surface area (Å²) < 4.78 is 2.17. The van der Waals surface area contributed by atoms with Gasteiger partial charge in [-0.25, -0.2) is 4.98 Å². The molecule has 2 nitrogen and oxygen atoms in total. The molecule has 102 valence electrons. The minimum atomic E-state index is 0.370. The summed E-state index contributed by atoms with van der Waals surface area (Å²) in [7, 11) is 0. The molecule has 0 amide bonds. The van der Waals surface area contributed by atoms with Crippen molar-refractivity contribution in [2.75, 3.05) is 0 Å². The van der Waals surface area contributed by atoms with Gasteiger partial charge in [-0.3, -0.25) is 0 Å². The van der Waals surface area contributed by atoms with Gasteiger partial charge in [-0.2, -0.15) is 11.3 Å². The first kappa shape index (κ1) is 13.1. The van der Waals surface area contributed by atoms with E-state index in [1.807, 2.05) is 18.7 Å². The zero-order chi connectivity index (χ0) is 13.9. The lowest BCUT2D eigenvalue weighted by Crippen LogP contribution is -2.07. The van der Waals surface area contributed by atoms with Gasteiger partial charge in [0.1, 0.15) is 0 Å². The Hall–Kier alpha value is -1.87. The predicted molar refractivity (Wildman–Crippen MR) is 85.1 cm³/mol. The quantitative estimate of drug-likeness (QED) is 0.664. The highest BCUT2D eigenvalue weighted by molar-refractivity contribution is 7.08. The van der Waals surface area contributed by atoms with Crippen molar-refractivity contribution in [2.24, 2.45) is 0 Å². The van der Waals surface area contributed by atoms with Gasteiger partial charge in [-0.05, 0) is 46.4 Å². The number of aromatic nitrogens is 2. The SMILES string of the molecule is CCC(c1ccc(-c2cscc2C)cc1)n1ccnc1. The first-order chi connectivity index (χ1) is 9.79. The second kappa shape index (κ2) is 5.63. The van der Waals surface area contributed by atoms with Gasteiger partial charge in [0.15, 0.2) is 0 Å². The van der Waals surface area contributed by atoms with Crippen LogP contribution in [0.5, 0.6) is 0 Å². The maximum absolute atomic E-state index is 4.15. The summed E-state index contributed by atoms with van der Waals surface area (Å²) in [4.78, 5) is 4.15. The van der Waals surface area contributed by atoms with E-state index in [-0.39, 0.29) is 0 Å². The van der Waals surface area contributed by atoms with E-state index in [4.69, 9.17) is 0 Å². The van der Waals surface area contributed by atoms with Crippen LogP contribution in [-0.2, 0) is 0 Å². The summed E-state index contributed by atoms with van der Waals surface area (Å²) in [6, 6.07) is 9.30. The minimum absolute atomic E-state index is 0.370. The summed E-state index contributed by atoms with van der Waals surface area (Å²) in [6.07, 6.45) is 6.83. The normalized spacial score (nSPS) is 12.5. The molecule has 3 heteroatoms. The molecule has 0 spiro atoms. The van der Waals surface area contributed by atoms with Crippen LogP contribution in [0.15, 0.2) is 53.7 Å². The van der Waals surface area contributed by atoms with Gasteiger partial charge in [0.2, 0.25) is 0 Å². The number of rotatable bonds is 4. The molecule has 1 unspecified atom stereocenters. The van der Waals surface area contributed by atoms with Crippen LogP contribution in [0, 0.1) is 6.92 Å². The van der Waals surface area contributed by atoms with E-state index in [0.29, 0.717) is 6.04 Å². The molecule has 3 rings (SSSR count). The third kappa shape index (κ3) is 2.41. The molecule has 3 aromatic rings. The second-order valence-electron chi connectivity index (χ2n) is 5.02. The van der Waals surface area contributed by atoms with Crippen LogP contribution < -0.4 is 0 Å². The smallest absolute Gasteiger partial charge is 0.0951 e. The van der Waals surface area contributed by atoms with Crippen molar-refractivity contribution in [3.05, 3.63) is 64.9 Å². The zero-order valence-corrected chi connectivity index (χ0v) is 12.6. The van der Waals surface area contributed by atoms with Gasteiger partial charge in [-0.1, -0.05) is 31.2 Å². The monoisotopic (exact) mass is 282 g/mol. The number of thiophene rings is 1. The van der Waals surface area contributed by atoms with Crippen molar-refractivity contribution in [3.8, 4) is 11.1 Å². The molecule has 1 aromatic carbocycles. The lowest BCUT2D eigenvalue weighted by Gasteiger charge is -2.17. The van der Waals surface area contributed by atoms with E-state index in [1.165, 1.54) is 22.3 Å². The average Bonchev–Trinajstić information content (AvgIpc) is 3.12. The van der Waals surface area contributed by atoms with E-state index < -0.39 is 0 Å². The lowest BCUT2D eigenvalue weighted by atomic mass is 9.99. The molecule has 0 aliphatic carbocycles. The van der Waals surface area contributed by atoms with Crippen molar-refractivity contribution in [2.45, 2.75) is 26.3 Å². The molecule has 1 atom stereocenters. The Balaban J connectivity index is 1.91. The highest BCUT2D eigenvalue weighted by Crippen LogP contribution is 2.29. The third-order valence-electron chi connectivity index (χ3n) is 3.73. The van der Waals surface area contributed by atoms with Gasteiger partial charge in [-0.15, -0.1) is 0 Å². The molecular formula is C17H18N2S. The fraction of sp³-hybridized carbons (Fsp3) is 0.235. The van der Waals surface area contributed by atoms with Crippen LogP contribution in [0.4, 0.5) is 0 Å². The van der Waals surface area contributed by atoms with Crippen LogP contribution in [0.1, 0.15) is 30.5 Å². The molecule has 0 bridgehead atoms. The number of benzene rings is 1. The molecule has 20 heavy (non-hydrogen) atoms. The third-order valence-corrected chi connectivity index (χ3v) is 4.59. The van der Waals surface area contributed by atoms with Crippen LogP contribution in [-0.4, -0.2) is 9.55 Å². The van der Waals surface area contributed by atoms with Gasteiger partial charge < -0.3 is 4.57 Å². The Morgan fingerprint density at radius 3 is 2.55 bits per heavy atom. The minimum Gasteiger partial charge on any atom is -0.330 e. The van der Waals surface area contributed by atoms with Crippen molar-refractivity contribution in [1.82, 2.24) is 9.55 Å². The Labute approximate surface area is 123 Å². The lowest BCUT2D eigenvalue weighted by molar-refractivity contribution is 0.566. The number of imidazole rings is 1. The summed E-state index contributed by atoms with van der Waals surface area (Å²) >= 11 is 1.76. The Morgan fingerprint density at radius 1 is 1.20 bits per heavy atom. The van der Waals surface area contributed by atoms with Crippen LogP contribution in [0.3, 0.4) is 0 Å². The predicted octanol–water partition coefficient (Wildman–Crippen LogP) is 4.92. The fourth-order valence-electron chi connectivity index (χ4n) is 2.61. The molecule has 0 aliphatic rings. The van der Waals surface area contributed by atoms with Crippen LogP contribution in [0.25, 0.3) is 11.1 Å². The van der Waals surface area contributed by atoms with Crippen LogP contribution in [0.2, 0.25) is 0 Å². The summed E-state index contributed by atoms with van der Waals surface area (Å²) in [5.74, 6) is 0. The van der Waals surface area contributed by atoms with Crippen molar-refractivity contribution >= 4 is 11.3 Å². The van der Waals surface area contributed by atoms with E-state index >= 15 is 0 Å². The zero-order valence-electron chi connectivity index (χ0n) is 11.8. The first-order valence-electron chi connectivity index (χ1n) is 6.90. The maximum Gasteiger partial charge on any atom is 0.0951 e. The van der Waals surface area contributed by atoms with E-state index in [2.05, 4.69) is 58.4 Å². The van der Waals surface area contributed by atoms with Gasteiger partial charge in [0, 0.05) is 12.4 Å². The molecular weight excluding hydrogens is 264 g/mol. The largest absolute Gasteiger partial charge is 0.330 e. The maximum atomic E-state index is 4.15. The Morgan fingerprint density at radius 2 is 2.00 bits per heavy atom. The second-order valence-corrected chi connectivity index (χ2v) is 5.77. The van der Waals surface area contributed by atoms with Gasteiger partial charge in [0.25, 0.3) is 0 Å². The number of hydrogen-bond acceptors (Lipinski definition) is 2. The van der Waals surface area contributed by atoms with E-state index in [0.717, 1.165) is 6.42 Å². The topological polar surface area (TPSA) is 17.8 Å². The summed E-state index contributed by atoms with van der Waals surface area (Å²) in [6.45, 7) is 4.38. The Bertz CT molecular complexity index is 665. The molecule has 0 saturated carbocycles. The number of aryl methyl sites for hydroxylation is 1. The standard InChI is InChI=1S/C17H18N2S/c1-3-17(19-9-8-18-12-19)15-6-4-14(5-7-15)16-11-20-10-13(16)2/h4-12,17H,3H2,1-2H3. The molecule has 0 N–H and O–H groups in total. The Kier molecular flexibility index (Phi) is 3.70.